The lowest BCUT2D eigenvalue weighted by Crippen LogP contribution is -2.47. The van der Waals surface area contributed by atoms with Gasteiger partial charge in [0.1, 0.15) is 21.6 Å². The molecule has 0 atom stereocenters. The van der Waals surface area contributed by atoms with Crippen LogP contribution < -0.4 is 15.4 Å². The first-order valence-corrected chi connectivity index (χ1v) is 13.6. The number of pyridine rings is 1. The summed E-state index contributed by atoms with van der Waals surface area (Å²) >= 11 is 6.65. The molecule has 8 nitrogen and oxygen atoms in total. The molecule has 1 amide bonds. The topological polar surface area (TPSA) is 70.4 Å². The number of benzene rings is 1. The summed E-state index contributed by atoms with van der Waals surface area (Å²) in [6.07, 6.45) is 3.97. The van der Waals surface area contributed by atoms with Crippen molar-refractivity contribution in [2.45, 2.75) is 13.3 Å². The summed E-state index contributed by atoms with van der Waals surface area (Å²) in [5, 5.41) is 0. The van der Waals surface area contributed by atoms with E-state index in [1.54, 1.807) is 42.5 Å². The zero-order valence-corrected chi connectivity index (χ0v) is 22.9. The molecule has 0 unspecified atom stereocenters. The van der Waals surface area contributed by atoms with Crippen molar-refractivity contribution in [2.75, 3.05) is 56.2 Å². The highest BCUT2D eigenvalue weighted by atomic mass is 32.2. The second kappa shape index (κ2) is 11.2. The lowest BCUT2D eigenvalue weighted by molar-refractivity contribution is -0.122. The number of nitrogens with zero attached hydrogens (tertiary/aromatic N) is 5. The number of aryl methyl sites for hydroxylation is 1. The lowest BCUT2D eigenvalue weighted by Gasteiger charge is -2.37. The van der Waals surface area contributed by atoms with Crippen molar-refractivity contribution in [3.05, 3.63) is 74.8 Å². The second-order valence-corrected chi connectivity index (χ2v) is 10.8. The van der Waals surface area contributed by atoms with Gasteiger partial charge in [-0.2, -0.15) is 0 Å². The van der Waals surface area contributed by atoms with Crippen LogP contribution in [0, 0.1) is 12.7 Å². The predicted octanol–water partition coefficient (Wildman–Crippen LogP) is 3.71. The molecule has 2 aliphatic rings. The fraction of sp³-hybridized carbons (Fsp3) is 0.333. The summed E-state index contributed by atoms with van der Waals surface area (Å²) in [7, 11) is 1.61. The molecule has 0 radical (unpaired) electrons. The maximum Gasteiger partial charge on any atom is 0.267 e. The number of anilines is 2. The monoisotopic (exact) mass is 553 g/mol. The molecule has 3 aromatic rings. The fourth-order valence-corrected chi connectivity index (χ4v) is 6.02. The number of amides is 1. The number of ether oxygens (including phenoxy) is 1. The number of fused-ring (bicyclic) bond motifs is 1. The number of hydrogen-bond acceptors (Lipinski definition) is 8. The highest BCUT2D eigenvalue weighted by molar-refractivity contribution is 8.26. The zero-order chi connectivity index (χ0) is 26.8. The highest BCUT2D eigenvalue weighted by Gasteiger charge is 2.33. The van der Waals surface area contributed by atoms with Gasteiger partial charge in [0.25, 0.3) is 11.5 Å². The quantitative estimate of drug-likeness (QED) is 0.249. The summed E-state index contributed by atoms with van der Waals surface area (Å²) in [6.45, 7) is 5.10. The van der Waals surface area contributed by atoms with Gasteiger partial charge in [-0.15, -0.1) is 0 Å². The van der Waals surface area contributed by atoms with Gasteiger partial charge >= 0.3 is 0 Å². The fourth-order valence-electron chi connectivity index (χ4n) is 4.73. The highest BCUT2D eigenvalue weighted by Crippen LogP contribution is 2.34. The number of aromatic nitrogens is 2. The van der Waals surface area contributed by atoms with Gasteiger partial charge in [0, 0.05) is 52.6 Å². The third-order valence-corrected chi connectivity index (χ3v) is 8.09. The van der Waals surface area contributed by atoms with E-state index in [1.165, 1.54) is 22.2 Å². The molecule has 0 aliphatic carbocycles. The van der Waals surface area contributed by atoms with E-state index < -0.39 is 0 Å². The Hall–Kier alpha value is -3.28. The third-order valence-electron chi connectivity index (χ3n) is 6.72. The smallest absolute Gasteiger partial charge is 0.267 e. The zero-order valence-electron chi connectivity index (χ0n) is 21.2. The Morgan fingerprint density at radius 2 is 1.84 bits per heavy atom. The molecule has 2 aliphatic heterocycles. The number of para-hydroxylation sites is 1. The number of carbonyl (C=O) groups excluding carboxylic acids is 1. The first kappa shape index (κ1) is 26.3. The van der Waals surface area contributed by atoms with Crippen LogP contribution in [-0.2, 0) is 9.53 Å². The number of hydrogen-bond donors (Lipinski definition) is 0. The minimum absolute atomic E-state index is 0.222. The number of carbonyl (C=O) groups is 1. The van der Waals surface area contributed by atoms with Crippen LogP contribution in [-0.4, -0.2) is 71.0 Å². The maximum atomic E-state index is 14.4. The molecule has 2 aromatic heterocycles. The average molecular weight is 554 g/mol. The number of methoxy groups -OCH3 is 1. The molecule has 11 heteroatoms. The minimum Gasteiger partial charge on any atom is -0.385 e. The molecule has 198 valence electrons. The van der Waals surface area contributed by atoms with Crippen molar-refractivity contribution in [2.24, 2.45) is 0 Å². The van der Waals surface area contributed by atoms with Crippen LogP contribution in [0.4, 0.5) is 15.9 Å². The van der Waals surface area contributed by atoms with Crippen LogP contribution in [0.3, 0.4) is 0 Å². The van der Waals surface area contributed by atoms with Crippen LogP contribution in [0.2, 0.25) is 0 Å². The number of rotatable bonds is 7. The van der Waals surface area contributed by atoms with Gasteiger partial charge < -0.3 is 14.5 Å². The third kappa shape index (κ3) is 5.05. The Bertz CT molecular complexity index is 1480. The molecule has 0 saturated carbocycles. The van der Waals surface area contributed by atoms with Gasteiger partial charge in [0.05, 0.1) is 16.2 Å². The number of thiocarbonyl (C=S) groups is 1. The Morgan fingerprint density at radius 1 is 1.11 bits per heavy atom. The molecular weight excluding hydrogens is 525 g/mol. The van der Waals surface area contributed by atoms with E-state index in [1.807, 2.05) is 28.9 Å². The van der Waals surface area contributed by atoms with Crippen molar-refractivity contribution >= 4 is 57.4 Å². The van der Waals surface area contributed by atoms with Gasteiger partial charge in [-0.1, -0.05) is 42.2 Å². The Morgan fingerprint density at radius 3 is 2.58 bits per heavy atom. The predicted molar refractivity (Wildman–Crippen MR) is 153 cm³/mol. The first-order valence-electron chi connectivity index (χ1n) is 12.4. The molecular formula is C27H28FN5O3S2. The molecule has 2 fully saturated rings. The molecule has 0 N–H and O–H groups in total. The summed E-state index contributed by atoms with van der Waals surface area (Å²) in [4.78, 5) is 37.8. The van der Waals surface area contributed by atoms with E-state index in [9.17, 15) is 14.0 Å². The Kier molecular flexibility index (Phi) is 7.78. The normalized spacial score (nSPS) is 17.3. The Balaban J connectivity index is 1.51. The van der Waals surface area contributed by atoms with E-state index in [0.29, 0.717) is 77.7 Å². The second-order valence-electron chi connectivity index (χ2n) is 9.14. The van der Waals surface area contributed by atoms with E-state index in [-0.39, 0.29) is 17.3 Å². The number of thioether (sulfide) groups is 1. The summed E-state index contributed by atoms with van der Waals surface area (Å²) in [6, 6.07) is 10.4. The molecule has 38 heavy (non-hydrogen) atoms. The van der Waals surface area contributed by atoms with Gasteiger partial charge in [0.2, 0.25) is 0 Å². The summed E-state index contributed by atoms with van der Waals surface area (Å²) < 4.78 is 21.5. The summed E-state index contributed by atoms with van der Waals surface area (Å²) in [5.74, 6) is 0.0363. The number of piperazine rings is 1. The molecule has 2 saturated heterocycles. The van der Waals surface area contributed by atoms with Crippen LogP contribution in [0.1, 0.15) is 17.5 Å². The van der Waals surface area contributed by atoms with Gasteiger partial charge in [-0.05, 0) is 43.2 Å². The van der Waals surface area contributed by atoms with Crippen molar-refractivity contribution in [3.63, 3.8) is 0 Å². The molecule has 5 rings (SSSR count). The van der Waals surface area contributed by atoms with E-state index >= 15 is 0 Å². The average Bonchev–Trinajstić information content (AvgIpc) is 3.18. The lowest BCUT2D eigenvalue weighted by atomic mass is 10.2. The van der Waals surface area contributed by atoms with E-state index in [4.69, 9.17) is 21.9 Å². The van der Waals surface area contributed by atoms with Crippen LogP contribution in [0.25, 0.3) is 11.7 Å². The standard InChI is InChI=1S/C27H28FN5O3S2/c1-18-7-5-10-32-23(18)29-24(31-14-12-30(13-15-31)21-9-4-3-8-20(21)28)19(25(32)34)17-22-26(35)33(27(37)38-22)11-6-16-36-2/h3-5,7-10,17H,6,11-16H2,1-2H3. The molecule has 0 bridgehead atoms. The van der Waals surface area contributed by atoms with Crippen molar-refractivity contribution in [1.82, 2.24) is 14.3 Å². The van der Waals surface area contributed by atoms with Gasteiger partial charge in [-0.3, -0.25) is 18.9 Å². The number of halogens is 1. The first-order chi connectivity index (χ1) is 18.4. The van der Waals surface area contributed by atoms with Gasteiger partial charge in [-0.25, -0.2) is 9.37 Å². The molecule has 0 spiro atoms. The minimum atomic E-state index is -0.258. The molecule has 4 heterocycles. The van der Waals surface area contributed by atoms with Crippen molar-refractivity contribution in [1.29, 1.82) is 0 Å². The van der Waals surface area contributed by atoms with Crippen LogP contribution in [0.5, 0.6) is 0 Å². The van der Waals surface area contributed by atoms with Crippen molar-refractivity contribution < 1.29 is 13.9 Å². The Labute approximate surface area is 229 Å². The summed E-state index contributed by atoms with van der Waals surface area (Å²) in [5.41, 5.74) is 2.08. The van der Waals surface area contributed by atoms with Gasteiger partial charge in [0.15, 0.2) is 0 Å². The van der Waals surface area contributed by atoms with E-state index in [2.05, 4.69) is 0 Å². The van der Waals surface area contributed by atoms with Crippen LogP contribution >= 0.6 is 24.0 Å². The van der Waals surface area contributed by atoms with E-state index in [0.717, 1.165) is 5.56 Å². The largest absolute Gasteiger partial charge is 0.385 e. The van der Waals surface area contributed by atoms with Crippen LogP contribution in [0.15, 0.2) is 52.3 Å². The SMILES string of the molecule is COCCCN1C(=O)C(=Cc2c(N3CCN(c4ccccc4F)CC3)nc3c(C)cccn3c2=O)SC1=S. The van der Waals surface area contributed by atoms with Crippen molar-refractivity contribution in [3.8, 4) is 0 Å². The molecule has 1 aromatic carbocycles. The maximum absolute atomic E-state index is 14.4.